The van der Waals surface area contributed by atoms with Crippen LogP contribution in [0, 0.1) is 0 Å². The van der Waals surface area contributed by atoms with Crippen LogP contribution >= 0.6 is 23.2 Å². The van der Waals surface area contributed by atoms with E-state index in [4.69, 9.17) is 28.9 Å². The lowest BCUT2D eigenvalue weighted by molar-refractivity contribution is 0.598. The molecule has 3 nitrogen and oxygen atoms in total. The van der Waals surface area contributed by atoms with E-state index in [1.54, 1.807) is 12.3 Å². The zero-order valence-electron chi connectivity index (χ0n) is 11.2. The first kappa shape index (κ1) is 15.1. The third-order valence-corrected chi connectivity index (χ3v) is 3.44. The molecule has 1 aromatic heterocycles. The molecular weight excluding hydrogens is 293 g/mol. The van der Waals surface area contributed by atoms with Crippen molar-refractivity contribution in [2.45, 2.75) is 19.4 Å². The zero-order chi connectivity index (χ0) is 14.5. The predicted molar refractivity (Wildman–Crippen MR) is 85.2 cm³/mol. The van der Waals surface area contributed by atoms with E-state index in [0.29, 0.717) is 15.9 Å². The van der Waals surface area contributed by atoms with Crippen LogP contribution in [0.5, 0.6) is 0 Å². The van der Waals surface area contributed by atoms with E-state index in [-0.39, 0.29) is 6.04 Å². The molecule has 5 heteroatoms. The molecule has 0 aliphatic carbocycles. The molecule has 106 valence electrons. The number of anilines is 1. The van der Waals surface area contributed by atoms with Crippen LogP contribution in [0.25, 0.3) is 0 Å². The van der Waals surface area contributed by atoms with Crippen LogP contribution in [-0.2, 0) is 0 Å². The smallest absolute Gasteiger partial charge is 0.128 e. The van der Waals surface area contributed by atoms with Gasteiger partial charge in [0.1, 0.15) is 5.82 Å². The number of benzene rings is 1. The second kappa shape index (κ2) is 6.93. The number of nitrogens with zero attached hydrogens (tertiary/aromatic N) is 1. The monoisotopic (exact) mass is 309 g/mol. The van der Waals surface area contributed by atoms with Gasteiger partial charge in [-0.1, -0.05) is 36.2 Å². The molecule has 2 aromatic rings. The van der Waals surface area contributed by atoms with Gasteiger partial charge in [0.25, 0.3) is 0 Å². The molecule has 1 unspecified atom stereocenters. The Morgan fingerprint density at radius 2 is 1.95 bits per heavy atom. The quantitative estimate of drug-likeness (QED) is 0.875. The topological polar surface area (TPSA) is 50.9 Å². The van der Waals surface area contributed by atoms with E-state index in [1.165, 1.54) is 0 Å². The van der Waals surface area contributed by atoms with Crippen molar-refractivity contribution in [3.63, 3.8) is 0 Å². The highest BCUT2D eigenvalue weighted by atomic mass is 35.5. The number of pyridine rings is 1. The summed E-state index contributed by atoms with van der Waals surface area (Å²) in [6.45, 7) is 2.98. The highest BCUT2D eigenvalue weighted by Gasteiger charge is 2.17. The molecule has 3 N–H and O–H groups in total. The average molecular weight is 310 g/mol. The maximum Gasteiger partial charge on any atom is 0.128 e. The Morgan fingerprint density at radius 3 is 2.55 bits per heavy atom. The van der Waals surface area contributed by atoms with E-state index in [9.17, 15) is 0 Å². The first-order chi connectivity index (χ1) is 9.61. The first-order valence-corrected chi connectivity index (χ1v) is 7.27. The first-order valence-electron chi connectivity index (χ1n) is 6.51. The normalized spacial score (nSPS) is 12.3. The molecule has 0 saturated heterocycles. The summed E-state index contributed by atoms with van der Waals surface area (Å²) >= 11 is 12.2. The van der Waals surface area contributed by atoms with Gasteiger partial charge < -0.3 is 11.1 Å². The molecule has 0 aliphatic rings. The minimum Gasteiger partial charge on any atom is -0.383 e. The number of nitrogen functional groups attached to an aromatic ring is 1. The van der Waals surface area contributed by atoms with Crippen molar-refractivity contribution in [1.29, 1.82) is 0 Å². The molecule has 0 bridgehead atoms. The molecule has 0 saturated carbocycles. The minimum absolute atomic E-state index is 0.0696. The third kappa shape index (κ3) is 3.63. The van der Waals surface area contributed by atoms with Crippen molar-refractivity contribution in [3.05, 3.63) is 57.7 Å². The zero-order valence-corrected chi connectivity index (χ0v) is 12.7. The van der Waals surface area contributed by atoms with Crippen molar-refractivity contribution < 1.29 is 0 Å². The summed E-state index contributed by atoms with van der Waals surface area (Å²) in [4.78, 5) is 4.15. The molecule has 0 aliphatic heterocycles. The molecule has 1 atom stereocenters. The fraction of sp³-hybridized carbons (Fsp3) is 0.267. The lowest BCUT2D eigenvalue weighted by atomic mass is 9.99. The van der Waals surface area contributed by atoms with Gasteiger partial charge in [0.15, 0.2) is 0 Å². The maximum absolute atomic E-state index is 6.10. The summed E-state index contributed by atoms with van der Waals surface area (Å²) in [5.41, 5.74) is 7.90. The number of rotatable bonds is 5. The van der Waals surface area contributed by atoms with Gasteiger partial charge in [0.2, 0.25) is 0 Å². The average Bonchev–Trinajstić information content (AvgIpc) is 2.40. The molecule has 0 radical (unpaired) electrons. The van der Waals surface area contributed by atoms with Crippen LogP contribution in [0.2, 0.25) is 10.0 Å². The van der Waals surface area contributed by atoms with Gasteiger partial charge in [-0.15, -0.1) is 0 Å². The third-order valence-electron chi connectivity index (χ3n) is 3.00. The van der Waals surface area contributed by atoms with Crippen LogP contribution in [-0.4, -0.2) is 11.5 Å². The fourth-order valence-corrected chi connectivity index (χ4v) is 2.65. The van der Waals surface area contributed by atoms with Gasteiger partial charge in [-0.25, -0.2) is 4.98 Å². The van der Waals surface area contributed by atoms with E-state index in [0.717, 1.165) is 24.1 Å². The van der Waals surface area contributed by atoms with E-state index in [2.05, 4.69) is 17.2 Å². The molecule has 20 heavy (non-hydrogen) atoms. The van der Waals surface area contributed by atoms with Crippen LogP contribution < -0.4 is 11.1 Å². The number of nitrogens with one attached hydrogen (secondary N) is 1. The molecular formula is C15H17Cl2N3. The Morgan fingerprint density at radius 1 is 1.25 bits per heavy atom. The van der Waals surface area contributed by atoms with Crippen molar-refractivity contribution in [1.82, 2.24) is 10.3 Å². The summed E-state index contributed by atoms with van der Waals surface area (Å²) in [5.74, 6) is 0.511. The lowest BCUT2D eigenvalue weighted by Gasteiger charge is -2.21. The van der Waals surface area contributed by atoms with Crippen molar-refractivity contribution in [2.24, 2.45) is 0 Å². The van der Waals surface area contributed by atoms with E-state index >= 15 is 0 Å². The summed E-state index contributed by atoms with van der Waals surface area (Å²) in [7, 11) is 0. The molecule has 0 amide bonds. The van der Waals surface area contributed by atoms with E-state index < -0.39 is 0 Å². The van der Waals surface area contributed by atoms with Crippen LogP contribution in [0.15, 0.2) is 36.5 Å². The summed E-state index contributed by atoms with van der Waals surface area (Å²) in [5, 5.41) is 4.68. The molecule has 1 heterocycles. The number of nitrogens with two attached hydrogens (primary N) is 1. The van der Waals surface area contributed by atoms with Gasteiger partial charge in [0, 0.05) is 21.8 Å². The molecule has 2 rings (SSSR count). The Bertz CT molecular complexity index is 567. The maximum atomic E-state index is 6.10. The van der Waals surface area contributed by atoms with Crippen molar-refractivity contribution in [2.75, 3.05) is 12.3 Å². The number of halogens is 2. The Labute approximate surface area is 129 Å². The summed E-state index contributed by atoms with van der Waals surface area (Å²) in [6.07, 6.45) is 2.70. The number of aromatic nitrogens is 1. The second-order valence-corrected chi connectivity index (χ2v) is 5.44. The van der Waals surface area contributed by atoms with Gasteiger partial charge in [-0.3, -0.25) is 0 Å². The lowest BCUT2D eigenvalue weighted by Crippen LogP contribution is -2.24. The molecule has 1 aromatic carbocycles. The highest BCUT2D eigenvalue weighted by molar-refractivity contribution is 6.34. The van der Waals surface area contributed by atoms with E-state index in [1.807, 2.05) is 24.3 Å². The van der Waals surface area contributed by atoms with Crippen LogP contribution in [0.3, 0.4) is 0 Å². The standard InChI is InChI=1S/C15H17Cl2N3/c1-2-5-19-14(13-4-3-6-20-15(13)18)10-7-11(16)9-12(17)8-10/h3-4,6-9,14,19H,2,5H2,1H3,(H2,18,20). The van der Waals surface area contributed by atoms with Crippen LogP contribution in [0.4, 0.5) is 5.82 Å². The minimum atomic E-state index is -0.0696. The van der Waals surface area contributed by atoms with Crippen molar-refractivity contribution in [3.8, 4) is 0 Å². The molecule has 0 spiro atoms. The summed E-state index contributed by atoms with van der Waals surface area (Å²) < 4.78 is 0. The largest absolute Gasteiger partial charge is 0.383 e. The van der Waals surface area contributed by atoms with Crippen LogP contribution in [0.1, 0.15) is 30.5 Å². The van der Waals surface area contributed by atoms with Gasteiger partial charge >= 0.3 is 0 Å². The Balaban J connectivity index is 2.44. The number of hydrogen-bond acceptors (Lipinski definition) is 3. The van der Waals surface area contributed by atoms with Gasteiger partial charge in [-0.05, 0) is 42.8 Å². The fourth-order valence-electron chi connectivity index (χ4n) is 2.11. The molecule has 0 fully saturated rings. The second-order valence-electron chi connectivity index (χ2n) is 4.57. The SMILES string of the molecule is CCCNC(c1cc(Cl)cc(Cl)c1)c1cccnc1N. The van der Waals surface area contributed by atoms with Gasteiger partial charge in [-0.2, -0.15) is 0 Å². The van der Waals surface area contributed by atoms with Gasteiger partial charge in [0.05, 0.1) is 6.04 Å². The summed E-state index contributed by atoms with van der Waals surface area (Å²) in [6, 6.07) is 9.28. The van der Waals surface area contributed by atoms with Crippen molar-refractivity contribution >= 4 is 29.0 Å². The highest BCUT2D eigenvalue weighted by Crippen LogP contribution is 2.29. The Kier molecular flexibility index (Phi) is 5.24. The number of hydrogen-bond donors (Lipinski definition) is 2. The predicted octanol–water partition coefficient (Wildman–Crippen LogP) is 4.06. The Hall–Kier alpha value is -1.29.